The third-order valence-electron chi connectivity index (χ3n) is 4.10. The van der Waals surface area contributed by atoms with Gasteiger partial charge in [0.2, 0.25) is 0 Å². The van der Waals surface area contributed by atoms with Crippen LogP contribution in [-0.2, 0) is 11.2 Å². The van der Waals surface area contributed by atoms with Gasteiger partial charge in [-0.2, -0.15) is 0 Å². The fraction of sp³-hybridized carbons (Fsp3) is 0.588. The van der Waals surface area contributed by atoms with Gasteiger partial charge in [0.1, 0.15) is 0 Å². The number of aryl methyl sites for hydroxylation is 1. The van der Waals surface area contributed by atoms with Gasteiger partial charge in [0.15, 0.2) is 5.96 Å². The van der Waals surface area contributed by atoms with Crippen molar-refractivity contribution < 1.29 is 4.74 Å². The van der Waals surface area contributed by atoms with E-state index in [4.69, 9.17) is 4.74 Å². The molecule has 0 spiro atoms. The highest BCUT2D eigenvalue weighted by molar-refractivity contribution is 5.79. The average Bonchev–Trinajstić information content (AvgIpc) is 2.91. The van der Waals surface area contributed by atoms with Crippen LogP contribution in [0.15, 0.2) is 29.3 Å². The zero-order chi connectivity index (χ0) is 15.1. The van der Waals surface area contributed by atoms with Gasteiger partial charge in [-0.15, -0.1) is 0 Å². The summed E-state index contributed by atoms with van der Waals surface area (Å²) in [5, 5.41) is 6.74. The van der Waals surface area contributed by atoms with E-state index in [1.165, 1.54) is 11.1 Å². The summed E-state index contributed by atoms with van der Waals surface area (Å²) in [4.78, 5) is 4.27. The van der Waals surface area contributed by atoms with Gasteiger partial charge in [-0.05, 0) is 44.2 Å². The minimum Gasteiger partial charge on any atom is -0.373 e. The molecular weight excluding hydrogens is 262 g/mol. The van der Waals surface area contributed by atoms with Gasteiger partial charge in [-0.1, -0.05) is 24.3 Å². The maximum Gasteiger partial charge on any atom is 0.191 e. The van der Waals surface area contributed by atoms with Crippen LogP contribution < -0.4 is 10.6 Å². The monoisotopic (exact) mass is 289 g/mol. The minimum absolute atomic E-state index is 0.0480. The molecule has 1 aliphatic rings. The van der Waals surface area contributed by atoms with E-state index in [9.17, 15) is 0 Å². The highest BCUT2D eigenvalue weighted by Gasteiger charge is 2.29. The number of hydrogen-bond acceptors (Lipinski definition) is 2. The number of rotatable bonds is 5. The Hall–Kier alpha value is -1.55. The van der Waals surface area contributed by atoms with Gasteiger partial charge < -0.3 is 15.4 Å². The molecule has 0 bridgehead atoms. The van der Waals surface area contributed by atoms with Gasteiger partial charge in [0.05, 0.1) is 5.60 Å². The predicted molar refractivity (Wildman–Crippen MR) is 87.8 cm³/mol. The first kappa shape index (κ1) is 15.8. The largest absolute Gasteiger partial charge is 0.373 e. The van der Waals surface area contributed by atoms with E-state index < -0.39 is 0 Å². The summed E-state index contributed by atoms with van der Waals surface area (Å²) in [6, 6.07) is 8.50. The summed E-state index contributed by atoms with van der Waals surface area (Å²) in [5.41, 5.74) is 2.67. The third kappa shape index (κ3) is 4.74. The number of nitrogens with zero attached hydrogens (tertiary/aromatic N) is 1. The van der Waals surface area contributed by atoms with Crippen molar-refractivity contribution in [2.75, 3.05) is 26.7 Å². The van der Waals surface area contributed by atoms with Gasteiger partial charge in [0, 0.05) is 26.7 Å². The quantitative estimate of drug-likeness (QED) is 0.646. The molecule has 1 aromatic rings. The Bertz CT molecular complexity index is 479. The van der Waals surface area contributed by atoms with Crippen LogP contribution in [0.25, 0.3) is 0 Å². The molecule has 1 aliphatic heterocycles. The molecule has 1 unspecified atom stereocenters. The van der Waals surface area contributed by atoms with Crippen molar-refractivity contribution in [2.45, 2.75) is 38.7 Å². The Kier molecular flexibility index (Phi) is 5.62. The van der Waals surface area contributed by atoms with Crippen molar-refractivity contribution in [1.82, 2.24) is 10.6 Å². The summed E-state index contributed by atoms with van der Waals surface area (Å²) < 4.78 is 5.78. The normalized spacial score (nSPS) is 22.3. The second kappa shape index (κ2) is 7.46. The summed E-state index contributed by atoms with van der Waals surface area (Å²) in [6.07, 6.45) is 3.26. The Morgan fingerprint density at radius 3 is 2.81 bits per heavy atom. The number of ether oxygens (including phenoxy) is 1. The Morgan fingerprint density at radius 1 is 1.33 bits per heavy atom. The van der Waals surface area contributed by atoms with E-state index in [2.05, 4.69) is 53.7 Å². The van der Waals surface area contributed by atoms with Crippen molar-refractivity contribution in [3.05, 3.63) is 35.4 Å². The Labute approximate surface area is 128 Å². The fourth-order valence-electron chi connectivity index (χ4n) is 2.67. The summed E-state index contributed by atoms with van der Waals surface area (Å²) in [7, 11) is 1.81. The zero-order valence-corrected chi connectivity index (χ0v) is 13.4. The summed E-state index contributed by atoms with van der Waals surface area (Å²) >= 11 is 0. The molecule has 1 fully saturated rings. The molecule has 2 rings (SSSR count). The minimum atomic E-state index is -0.0480. The van der Waals surface area contributed by atoms with E-state index in [-0.39, 0.29) is 5.60 Å². The van der Waals surface area contributed by atoms with Crippen LogP contribution in [0.4, 0.5) is 0 Å². The van der Waals surface area contributed by atoms with Crippen LogP contribution in [0.1, 0.15) is 30.9 Å². The topological polar surface area (TPSA) is 45.7 Å². The number of aliphatic imine (C=N–C) groups is 1. The molecule has 1 aromatic carbocycles. The van der Waals surface area contributed by atoms with Crippen LogP contribution in [-0.4, -0.2) is 38.3 Å². The molecule has 1 atom stereocenters. The highest BCUT2D eigenvalue weighted by atomic mass is 16.5. The van der Waals surface area contributed by atoms with Gasteiger partial charge in [-0.25, -0.2) is 0 Å². The first-order valence-electron chi connectivity index (χ1n) is 7.76. The van der Waals surface area contributed by atoms with E-state index in [1.807, 2.05) is 0 Å². The lowest BCUT2D eigenvalue weighted by Crippen LogP contribution is -2.45. The SMILES string of the molecule is CN=C(NCCc1ccccc1C)NCC1(C)CCCO1. The highest BCUT2D eigenvalue weighted by Crippen LogP contribution is 2.23. The van der Waals surface area contributed by atoms with Crippen LogP contribution in [0.2, 0.25) is 0 Å². The van der Waals surface area contributed by atoms with E-state index in [0.717, 1.165) is 44.9 Å². The zero-order valence-electron chi connectivity index (χ0n) is 13.4. The summed E-state index contributed by atoms with van der Waals surface area (Å²) in [5.74, 6) is 0.848. The molecule has 0 amide bonds. The predicted octanol–water partition coefficient (Wildman–Crippen LogP) is 2.27. The van der Waals surface area contributed by atoms with Gasteiger partial charge >= 0.3 is 0 Å². The molecule has 4 heteroatoms. The standard InChI is InChI=1S/C17H27N3O/c1-14-7-4-5-8-15(14)9-11-19-16(18-3)20-13-17(2)10-6-12-21-17/h4-5,7-8H,6,9-13H2,1-3H3,(H2,18,19,20). The maximum absolute atomic E-state index is 5.78. The molecule has 21 heavy (non-hydrogen) atoms. The molecule has 116 valence electrons. The number of benzene rings is 1. The number of hydrogen-bond donors (Lipinski definition) is 2. The van der Waals surface area contributed by atoms with Crippen molar-refractivity contribution in [1.29, 1.82) is 0 Å². The van der Waals surface area contributed by atoms with Crippen LogP contribution >= 0.6 is 0 Å². The first-order valence-corrected chi connectivity index (χ1v) is 7.76. The number of guanidine groups is 1. The van der Waals surface area contributed by atoms with Crippen molar-refractivity contribution >= 4 is 5.96 Å². The smallest absolute Gasteiger partial charge is 0.191 e. The van der Waals surface area contributed by atoms with Crippen LogP contribution in [0.3, 0.4) is 0 Å². The van der Waals surface area contributed by atoms with Crippen LogP contribution in [0.5, 0.6) is 0 Å². The lowest BCUT2D eigenvalue weighted by atomic mass is 10.0. The maximum atomic E-state index is 5.78. The van der Waals surface area contributed by atoms with E-state index in [1.54, 1.807) is 7.05 Å². The number of nitrogens with one attached hydrogen (secondary N) is 2. The molecule has 0 saturated carbocycles. The second-order valence-corrected chi connectivity index (χ2v) is 5.93. The average molecular weight is 289 g/mol. The fourth-order valence-corrected chi connectivity index (χ4v) is 2.67. The summed E-state index contributed by atoms with van der Waals surface area (Å²) in [6.45, 7) is 6.87. The lowest BCUT2D eigenvalue weighted by molar-refractivity contribution is 0.0243. The van der Waals surface area contributed by atoms with Gasteiger partial charge in [-0.3, -0.25) is 4.99 Å². The Morgan fingerprint density at radius 2 is 2.14 bits per heavy atom. The van der Waals surface area contributed by atoms with E-state index >= 15 is 0 Å². The molecule has 2 N–H and O–H groups in total. The molecule has 0 aromatic heterocycles. The van der Waals surface area contributed by atoms with Gasteiger partial charge in [0.25, 0.3) is 0 Å². The molecule has 1 heterocycles. The molecule has 0 aliphatic carbocycles. The van der Waals surface area contributed by atoms with Crippen molar-refractivity contribution in [3.63, 3.8) is 0 Å². The Balaban J connectivity index is 1.74. The molecule has 4 nitrogen and oxygen atoms in total. The third-order valence-corrected chi connectivity index (χ3v) is 4.10. The molecule has 1 saturated heterocycles. The first-order chi connectivity index (χ1) is 10.1. The molecular formula is C17H27N3O. The van der Waals surface area contributed by atoms with Crippen molar-refractivity contribution in [2.24, 2.45) is 4.99 Å². The van der Waals surface area contributed by atoms with Crippen molar-refractivity contribution in [3.8, 4) is 0 Å². The second-order valence-electron chi connectivity index (χ2n) is 5.93. The van der Waals surface area contributed by atoms with E-state index in [0.29, 0.717) is 0 Å². The lowest BCUT2D eigenvalue weighted by Gasteiger charge is -2.24. The van der Waals surface area contributed by atoms with Crippen LogP contribution in [0, 0.1) is 6.92 Å². The molecule has 0 radical (unpaired) electrons.